The molecule has 1 heterocycles. The fourth-order valence-electron chi connectivity index (χ4n) is 1.73. The number of anilines is 1. The number of hydrogen-bond acceptors (Lipinski definition) is 2. The summed E-state index contributed by atoms with van der Waals surface area (Å²) in [6, 6.07) is 6.66. The molecule has 17 heavy (non-hydrogen) atoms. The van der Waals surface area contributed by atoms with Gasteiger partial charge in [-0.25, -0.2) is 4.39 Å². The summed E-state index contributed by atoms with van der Waals surface area (Å²) in [6.07, 6.45) is 0. The van der Waals surface area contributed by atoms with Gasteiger partial charge in [0.1, 0.15) is 5.82 Å². The van der Waals surface area contributed by atoms with Crippen molar-refractivity contribution in [3.8, 4) is 0 Å². The fraction of sp³-hybridized carbons (Fsp3) is 0.231. The summed E-state index contributed by atoms with van der Waals surface area (Å²) in [5, 5.41) is 5.72. The van der Waals surface area contributed by atoms with Crippen LogP contribution in [0, 0.1) is 12.7 Å². The first-order valence-electron chi connectivity index (χ1n) is 5.33. The molecule has 0 saturated carbocycles. The summed E-state index contributed by atoms with van der Waals surface area (Å²) in [7, 11) is 0. The molecule has 0 radical (unpaired) electrons. The predicted octanol–water partition coefficient (Wildman–Crippen LogP) is 5.02. The molecule has 1 N–H and O–H groups in total. The molecule has 2 aromatic rings. The van der Waals surface area contributed by atoms with Crippen molar-refractivity contribution in [3.63, 3.8) is 0 Å². The molecule has 1 nitrogen and oxygen atoms in total. The molecule has 0 saturated heterocycles. The Balaban J connectivity index is 2.21. The quantitative estimate of drug-likeness (QED) is 0.825. The minimum atomic E-state index is -0.282. The lowest BCUT2D eigenvalue weighted by molar-refractivity contribution is 0.628. The summed E-state index contributed by atoms with van der Waals surface area (Å²) in [5.41, 5.74) is 1.66. The van der Waals surface area contributed by atoms with Gasteiger partial charge in [-0.1, -0.05) is 11.6 Å². The molecule has 2 rings (SSSR count). The van der Waals surface area contributed by atoms with Crippen LogP contribution in [0.1, 0.15) is 23.4 Å². The number of rotatable bonds is 3. The van der Waals surface area contributed by atoms with Crippen molar-refractivity contribution < 1.29 is 4.39 Å². The number of nitrogens with one attached hydrogen (secondary N) is 1. The molecule has 4 heteroatoms. The first kappa shape index (κ1) is 12.4. The molecule has 90 valence electrons. The SMILES string of the molecule is Cc1ccsc1C(C)Nc1cc(Cl)ccc1F. The number of aryl methyl sites for hydroxylation is 1. The van der Waals surface area contributed by atoms with E-state index in [2.05, 4.69) is 18.3 Å². The minimum Gasteiger partial charge on any atom is -0.375 e. The second-order valence-corrected chi connectivity index (χ2v) is 5.34. The van der Waals surface area contributed by atoms with Gasteiger partial charge in [0.15, 0.2) is 0 Å². The maximum Gasteiger partial charge on any atom is 0.146 e. The molecule has 1 unspecified atom stereocenters. The van der Waals surface area contributed by atoms with Gasteiger partial charge in [0, 0.05) is 9.90 Å². The van der Waals surface area contributed by atoms with E-state index in [9.17, 15) is 4.39 Å². The van der Waals surface area contributed by atoms with Crippen LogP contribution in [-0.2, 0) is 0 Å². The van der Waals surface area contributed by atoms with Crippen LogP contribution in [0.5, 0.6) is 0 Å². The molecular formula is C13H13ClFNS. The van der Waals surface area contributed by atoms with E-state index in [-0.39, 0.29) is 11.9 Å². The standard InChI is InChI=1S/C13H13ClFNS/c1-8-5-6-17-13(8)9(2)16-12-7-10(14)3-4-11(12)15/h3-7,9,16H,1-2H3. The molecule has 1 aromatic carbocycles. The zero-order chi connectivity index (χ0) is 12.4. The van der Waals surface area contributed by atoms with Crippen LogP contribution in [0.4, 0.5) is 10.1 Å². The van der Waals surface area contributed by atoms with E-state index in [4.69, 9.17) is 11.6 Å². The van der Waals surface area contributed by atoms with Crippen LogP contribution >= 0.6 is 22.9 Å². The van der Waals surface area contributed by atoms with Crippen molar-refractivity contribution in [3.05, 3.63) is 50.9 Å². The molecule has 1 aromatic heterocycles. The zero-order valence-corrected chi connectivity index (χ0v) is 11.2. The van der Waals surface area contributed by atoms with Crippen LogP contribution in [0.2, 0.25) is 5.02 Å². The van der Waals surface area contributed by atoms with E-state index in [0.29, 0.717) is 10.7 Å². The highest BCUT2D eigenvalue weighted by Gasteiger charge is 2.12. The van der Waals surface area contributed by atoms with Gasteiger partial charge in [-0.3, -0.25) is 0 Å². The fourth-order valence-corrected chi connectivity index (χ4v) is 2.84. The molecule has 0 aliphatic rings. The average molecular weight is 270 g/mol. The average Bonchev–Trinajstić information content (AvgIpc) is 2.70. The largest absolute Gasteiger partial charge is 0.375 e. The molecule has 0 spiro atoms. The van der Waals surface area contributed by atoms with Crippen molar-refractivity contribution in [2.45, 2.75) is 19.9 Å². The van der Waals surface area contributed by atoms with Crippen LogP contribution in [-0.4, -0.2) is 0 Å². The maximum atomic E-state index is 13.6. The predicted molar refractivity (Wildman–Crippen MR) is 72.5 cm³/mol. The van der Waals surface area contributed by atoms with E-state index in [1.165, 1.54) is 16.5 Å². The van der Waals surface area contributed by atoms with E-state index < -0.39 is 0 Å². The van der Waals surface area contributed by atoms with E-state index in [0.717, 1.165) is 0 Å². The minimum absolute atomic E-state index is 0.0722. The Kier molecular flexibility index (Phi) is 3.69. The Bertz CT molecular complexity index is 524. The van der Waals surface area contributed by atoms with Gasteiger partial charge in [-0.2, -0.15) is 0 Å². The highest BCUT2D eigenvalue weighted by atomic mass is 35.5. The van der Waals surface area contributed by atoms with Crippen molar-refractivity contribution in [2.24, 2.45) is 0 Å². The first-order valence-corrected chi connectivity index (χ1v) is 6.59. The van der Waals surface area contributed by atoms with Crippen molar-refractivity contribution >= 4 is 28.6 Å². The smallest absolute Gasteiger partial charge is 0.146 e. The third-order valence-electron chi connectivity index (χ3n) is 2.60. The van der Waals surface area contributed by atoms with Gasteiger partial charge in [0.2, 0.25) is 0 Å². The molecular weight excluding hydrogens is 257 g/mol. The summed E-state index contributed by atoms with van der Waals surface area (Å²) in [6.45, 7) is 4.07. The van der Waals surface area contributed by atoms with Crippen molar-refractivity contribution in [1.82, 2.24) is 0 Å². The monoisotopic (exact) mass is 269 g/mol. The third-order valence-corrected chi connectivity index (χ3v) is 4.03. The lowest BCUT2D eigenvalue weighted by atomic mass is 10.2. The highest BCUT2D eigenvalue weighted by molar-refractivity contribution is 7.10. The molecule has 0 bridgehead atoms. The third kappa shape index (κ3) is 2.79. The van der Waals surface area contributed by atoms with Gasteiger partial charge in [0.05, 0.1) is 11.7 Å². The van der Waals surface area contributed by atoms with Crippen LogP contribution in [0.15, 0.2) is 29.6 Å². The van der Waals surface area contributed by atoms with E-state index in [1.807, 2.05) is 12.3 Å². The van der Waals surface area contributed by atoms with E-state index >= 15 is 0 Å². The highest BCUT2D eigenvalue weighted by Crippen LogP contribution is 2.28. The first-order chi connectivity index (χ1) is 8.08. The molecule has 0 amide bonds. The summed E-state index contributed by atoms with van der Waals surface area (Å²) < 4.78 is 13.6. The Morgan fingerprint density at radius 3 is 2.76 bits per heavy atom. The molecule has 0 aliphatic carbocycles. The van der Waals surface area contributed by atoms with Gasteiger partial charge in [-0.05, 0) is 49.1 Å². The van der Waals surface area contributed by atoms with E-state index in [1.54, 1.807) is 23.5 Å². The van der Waals surface area contributed by atoms with Gasteiger partial charge in [-0.15, -0.1) is 11.3 Å². The number of benzene rings is 1. The molecule has 1 atom stereocenters. The number of hydrogen-bond donors (Lipinski definition) is 1. The molecule has 0 fully saturated rings. The molecule has 0 aliphatic heterocycles. The van der Waals surface area contributed by atoms with Crippen molar-refractivity contribution in [2.75, 3.05) is 5.32 Å². The second kappa shape index (κ2) is 5.07. The topological polar surface area (TPSA) is 12.0 Å². The number of halogens is 2. The Morgan fingerprint density at radius 2 is 2.12 bits per heavy atom. The second-order valence-electron chi connectivity index (χ2n) is 3.96. The Morgan fingerprint density at radius 1 is 1.35 bits per heavy atom. The van der Waals surface area contributed by atoms with Crippen LogP contribution in [0.3, 0.4) is 0 Å². The summed E-state index contributed by atoms with van der Waals surface area (Å²) >= 11 is 7.52. The lowest BCUT2D eigenvalue weighted by Gasteiger charge is -2.15. The van der Waals surface area contributed by atoms with Crippen molar-refractivity contribution in [1.29, 1.82) is 0 Å². The number of thiophene rings is 1. The normalized spacial score (nSPS) is 12.5. The summed E-state index contributed by atoms with van der Waals surface area (Å²) in [5.74, 6) is -0.282. The lowest BCUT2D eigenvalue weighted by Crippen LogP contribution is -2.07. The van der Waals surface area contributed by atoms with Gasteiger partial charge < -0.3 is 5.32 Å². The Labute approximate surface area is 109 Å². The maximum absolute atomic E-state index is 13.6. The zero-order valence-electron chi connectivity index (χ0n) is 9.63. The van der Waals surface area contributed by atoms with Gasteiger partial charge >= 0.3 is 0 Å². The Hall–Kier alpha value is -1.06. The summed E-state index contributed by atoms with van der Waals surface area (Å²) in [4.78, 5) is 1.21. The van der Waals surface area contributed by atoms with Crippen LogP contribution < -0.4 is 5.32 Å². The van der Waals surface area contributed by atoms with Gasteiger partial charge in [0.25, 0.3) is 0 Å². The van der Waals surface area contributed by atoms with Crippen LogP contribution in [0.25, 0.3) is 0 Å².